The monoisotopic (exact) mass is 522 g/mol. The van der Waals surface area contributed by atoms with Crippen LogP contribution in [-0.4, -0.2) is 27.1 Å². The Labute approximate surface area is 193 Å². The van der Waals surface area contributed by atoms with E-state index in [0.717, 1.165) is 31.8 Å². The van der Waals surface area contributed by atoms with Crippen LogP contribution in [0.4, 0.5) is 5.69 Å². The number of carboxylic acid groups (broad SMARTS) is 1. The van der Waals surface area contributed by atoms with E-state index in [1.165, 1.54) is 5.56 Å². The lowest BCUT2D eigenvalue weighted by molar-refractivity contribution is 0.0697. The number of hydrogen-bond acceptors (Lipinski definition) is 4. The molecule has 0 saturated carbocycles. The van der Waals surface area contributed by atoms with Crippen LogP contribution in [0, 0.1) is 10.5 Å². The molecule has 0 aliphatic carbocycles. The molecule has 1 heterocycles. The van der Waals surface area contributed by atoms with Crippen LogP contribution in [0.1, 0.15) is 21.5 Å². The molecule has 31 heavy (non-hydrogen) atoms. The van der Waals surface area contributed by atoms with Crippen molar-refractivity contribution in [1.82, 2.24) is 9.78 Å². The number of halogens is 1. The van der Waals surface area contributed by atoms with Crippen LogP contribution in [0.25, 0.3) is 16.9 Å². The van der Waals surface area contributed by atoms with E-state index in [9.17, 15) is 4.79 Å². The van der Waals surface area contributed by atoms with Crippen LogP contribution >= 0.6 is 22.6 Å². The number of carboxylic acids is 1. The average molecular weight is 522 g/mol. The summed E-state index contributed by atoms with van der Waals surface area (Å²) in [5.41, 5.74) is 8.72. The lowest BCUT2D eigenvalue weighted by Gasteiger charge is -2.02. The van der Waals surface area contributed by atoms with Crippen molar-refractivity contribution < 1.29 is 9.90 Å². The van der Waals surface area contributed by atoms with E-state index in [1.54, 1.807) is 35.2 Å². The van der Waals surface area contributed by atoms with Crippen molar-refractivity contribution in [1.29, 1.82) is 0 Å². The SMILES string of the molecule is Cc1ccc(N/N=C/c2cn(-c3ccc(C(=O)O)cc3)nc2-c2ccc(I)cc2)cc1. The minimum atomic E-state index is -0.957. The normalized spacial score (nSPS) is 11.0. The van der Waals surface area contributed by atoms with Crippen LogP contribution in [0.3, 0.4) is 0 Å². The first-order valence-electron chi connectivity index (χ1n) is 9.55. The number of rotatable bonds is 6. The van der Waals surface area contributed by atoms with Gasteiger partial charge in [0.05, 0.1) is 23.2 Å². The number of benzene rings is 3. The second-order valence-electron chi connectivity index (χ2n) is 6.97. The number of aryl methyl sites for hydroxylation is 1. The summed E-state index contributed by atoms with van der Waals surface area (Å²) in [6.45, 7) is 2.04. The van der Waals surface area contributed by atoms with Crippen LogP contribution in [0.2, 0.25) is 0 Å². The molecule has 0 unspecified atom stereocenters. The molecule has 4 rings (SSSR count). The minimum Gasteiger partial charge on any atom is -0.478 e. The van der Waals surface area contributed by atoms with Crippen molar-refractivity contribution >= 4 is 40.5 Å². The van der Waals surface area contributed by atoms with Crippen molar-refractivity contribution in [3.63, 3.8) is 0 Å². The summed E-state index contributed by atoms with van der Waals surface area (Å²) in [7, 11) is 0. The molecule has 4 aromatic rings. The fourth-order valence-electron chi connectivity index (χ4n) is 3.01. The van der Waals surface area contributed by atoms with E-state index in [1.807, 2.05) is 61.7 Å². The van der Waals surface area contributed by atoms with Crippen LogP contribution in [-0.2, 0) is 0 Å². The van der Waals surface area contributed by atoms with Gasteiger partial charge in [-0.3, -0.25) is 5.43 Å². The third-order valence-electron chi connectivity index (χ3n) is 4.69. The highest BCUT2D eigenvalue weighted by Crippen LogP contribution is 2.24. The smallest absolute Gasteiger partial charge is 0.335 e. The molecule has 0 fully saturated rings. The number of nitrogens with zero attached hydrogens (tertiary/aromatic N) is 3. The third kappa shape index (κ3) is 5.00. The molecule has 0 spiro atoms. The lowest BCUT2D eigenvalue weighted by atomic mass is 10.1. The molecule has 0 radical (unpaired) electrons. The number of anilines is 1. The highest BCUT2D eigenvalue weighted by Gasteiger charge is 2.12. The minimum absolute atomic E-state index is 0.234. The Morgan fingerprint density at radius 2 is 1.71 bits per heavy atom. The van der Waals surface area contributed by atoms with E-state index in [0.29, 0.717) is 0 Å². The first-order valence-corrected chi connectivity index (χ1v) is 10.6. The van der Waals surface area contributed by atoms with Gasteiger partial charge in [0.15, 0.2) is 0 Å². The van der Waals surface area contributed by atoms with Crippen molar-refractivity contribution in [2.75, 3.05) is 5.43 Å². The number of hydrogen-bond donors (Lipinski definition) is 2. The predicted molar refractivity (Wildman–Crippen MR) is 131 cm³/mol. The maximum absolute atomic E-state index is 11.1. The van der Waals surface area contributed by atoms with Crippen molar-refractivity contribution in [3.05, 3.63) is 99.3 Å². The first-order chi connectivity index (χ1) is 15.0. The summed E-state index contributed by atoms with van der Waals surface area (Å²) < 4.78 is 2.87. The molecule has 6 nitrogen and oxygen atoms in total. The van der Waals surface area contributed by atoms with Crippen molar-refractivity contribution in [2.45, 2.75) is 6.92 Å². The standard InChI is InChI=1S/C24H19IN4O2/c1-16-2-10-21(11-3-16)27-26-14-19-15-29(22-12-6-18(7-13-22)24(30)31)28-23(19)17-4-8-20(25)9-5-17/h2-15,27H,1H3,(H,30,31)/b26-14+. The Morgan fingerprint density at radius 3 is 2.35 bits per heavy atom. The zero-order valence-electron chi connectivity index (χ0n) is 16.7. The lowest BCUT2D eigenvalue weighted by Crippen LogP contribution is -1.99. The summed E-state index contributed by atoms with van der Waals surface area (Å²) in [6.07, 6.45) is 3.62. The van der Waals surface area contributed by atoms with Gasteiger partial charge in [-0.15, -0.1) is 0 Å². The Morgan fingerprint density at radius 1 is 1.03 bits per heavy atom. The highest BCUT2D eigenvalue weighted by molar-refractivity contribution is 14.1. The molecular formula is C24H19IN4O2. The fourth-order valence-corrected chi connectivity index (χ4v) is 3.37. The number of hydrazone groups is 1. The molecule has 0 amide bonds. The molecule has 7 heteroatoms. The Bertz CT molecular complexity index is 1230. The average Bonchev–Trinajstić information content (AvgIpc) is 3.20. The van der Waals surface area contributed by atoms with Gasteiger partial charge in [-0.1, -0.05) is 29.8 Å². The largest absolute Gasteiger partial charge is 0.478 e. The van der Waals surface area contributed by atoms with Gasteiger partial charge in [-0.25, -0.2) is 9.48 Å². The molecule has 0 aliphatic heterocycles. The second-order valence-corrected chi connectivity index (χ2v) is 8.22. The first kappa shape index (κ1) is 20.8. The number of aromatic carboxylic acids is 1. The molecule has 0 saturated heterocycles. The molecule has 1 aromatic heterocycles. The quantitative estimate of drug-likeness (QED) is 0.197. The second kappa shape index (κ2) is 9.13. The predicted octanol–water partition coefficient (Wildman–Crippen LogP) is 5.60. The molecule has 0 bridgehead atoms. The molecular weight excluding hydrogens is 503 g/mol. The van der Waals surface area contributed by atoms with Crippen LogP contribution in [0.15, 0.2) is 84.1 Å². The Hall–Kier alpha value is -3.46. The highest BCUT2D eigenvalue weighted by atomic mass is 127. The van der Waals surface area contributed by atoms with Gasteiger partial charge >= 0.3 is 5.97 Å². The van der Waals surface area contributed by atoms with E-state index in [2.05, 4.69) is 33.1 Å². The maximum atomic E-state index is 11.1. The van der Waals surface area contributed by atoms with Gasteiger partial charge in [0.2, 0.25) is 0 Å². The summed E-state index contributed by atoms with van der Waals surface area (Å²) in [4.78, 5) is 11.1. The molecule has 2 N–H and O–H groups in total. The molecule has 3 aromatic carbocycles. The molecule has 154 valence electrons. The van der Waals surface area contributed by atoms with Gasteiger partial charge < -0.3 is 5.11 Å². The third-order valence-corrected chi connectivity index (χ3v) is 5.41. The summed E-state index contributed by atoms with van der Waals surface area (Å²) >= 11 is 2.27. The molecule has 0 aliphatic rings. The Kier molecular flexibility index (Phi) is 6.13. The van der Waals surface area contributed by atoms with Crippen LogP contribution < -0.4 is 5.43 Å². The van der Waals surface area contributed by atoms with Gasteiger partial charge in [-0.2, -0.15) is 10.2 Å². The van der Waals surface area contributed by atoms with E-state index >= 15 is 0 Å². The van der Waals surface area contributed by atoms with Crippen molar-refractivity contribution in [2.24, 2.45) is 5.10 Å². The zero-order valence-corrected chi connectivity index (χ0v) is 18.8. The number of carbonyl (C=O) groups is 1. The fraction of sp³-hybridized carbons (Fsp3) is 0.0417. The van der Waals surface area contributed by atoms with Gasteiger partial charge in [0.25, 0.3) is 0 Å². The van der Waals surface area contributed by atoms with Gasteiger partial charge in [0, 0.05) is 20.9 Å². The van der Waals surface area contributed by atoms with E-state index in [4.69, 9.17) is 10.2 Å². The van der Waals surface area contributed by atoms with E-state index in [-0.39, 0.29) is 5.56 Å². The topological polar surface area (TPSA) is 79.5 Å². The van der Waals surface area contributed by atoms with Crippen LogP contribution in [0.5, 0.6) is 0 Å². The summed E-state index contributed by atoms with van der Waals surface area (Å²) in [6, 6.07) is 22.7. The summed E-state index contributed by atoms with van der Waals surface area (Å²) in [5.74, 6) is -0.957. The van der Waals surface area contributed by atoms with Gasteiger partial charge in [-0.05, 0) is 78.0 Å². The van der Waals surface area contributed by atoms with Gasteiger partial charge in [0.1, 0.15) is 5.69 Å². The summed E-state index contributed by atoms with van der Waals surface area (Å²) in [5, 5.41) is 18.2. The Balaban J connectivity index is 1.67. The zero-order chi connectivity index (χ0) is 21.8. The molecule has 0 atom stereocenters. The van der Waals surface area contributed by atoms with E-state index < -0.39 is 5.97 Å². The van der Waals surface area contributed by atoms with Crippen molar-refractivity contribution in [3.8, 4) is 16.9 Å². The number of nitrogens with one attached hydrogen (secondary N) is 1. The maximum Gasteiger partial charge on any atom is 0.335 e. The number of aromatic nitrogens is 2.